The van der Waals surface area contributed by atoms with Gasteiger partial charge in [0.25, 0.3) is 5.91 Å². The lowest BCUT2D eigenvalue weighted by molar-refractivity contribution is -0.121. The number of carbonyl (C=O) groups is 2. The average Bonchev–Trinajstić information content (AvgIpc) is 2.75. The van der Waals surface area contributed by atoms with Crippen molar-refractivity contribution < 1.29 is 14.3 Å². The molecule has 0 bridgehead atoms. The summed E-state index contributed by atoms with van der Waals surface area (Å²) >= 11 is 0. The van der Waals surface area contributed by atoms with Crippen LogP contribution in [0.1, 0.15) is 54.9 Å². The molecule has 2 unspecified atom stereocenters. The van der Waals surface area contributed by atoms with Gasteiger partial charge in [-0.05, 0) is 48.6 Å². The SMILES string of the molecule is CC1CCCCC1NC(=O)c1ccc(CNC(=O)CCOc2ccccc2)cc1. The maximum Gasteiger partial charge on any atom is 0.251 e. The number of carbonyl (C=O) groups excluding carboxylic acids is 2. The number of para-hydroxylation sites is 1. The molecule has 2 aromatic rings. The molecule has 29 heavy (non-hydrogen) atoms. The van der Waals surface area contributed by atoms with Crippen LogP contribution < -0.4 is 15.4 Å². The Labute approximate surface area is 172 Å². The molecule has 0 aliphatic heterocycles. The summed E-state index contributed by atoms with van der Waals surface area (Å²) in [4.78, 5) is 24.5. The zero-order chi connectivity index (χ0) is 20.5. The predicted octanol–water partition coefficient (Wildman–Crippen LogP) is 4.08. The fourth-order valence-corrected chi connectivity index (χ4v) is 3.62. The first-order chi connectivity index (χ1) is 14.1. The molecular formula is C24H30N2O3. The molecule has 1 saturated carbocycles. The first-order valence-corrected chi connectivity index (χ1v) is 10.5. The molecule has 1 aliphatic carbocycles. The van der Waals surface area contributed by atoms with Gasteiger partial charge in [0, 0.05) is 18.2 Å². The molecule has 2 aromatic carbocycles. The van der Waals surface area contributed by atoms with Crippen molar-refractivity contribution in [2.45, 2.75) is 51.6 Å². The molecule has 1 aliphatic rings. The van der Waals surface area contributed by atoms with Gasteiger partial charge in [0.15, 0.2) is 0 Å². The summed E-state index contributed by atoms with van der Waals surface area (Å²) in [6.07, 6.45) is 4.98. The Bertz CT molecular complexity index is 790. The van der Waals surface area contributed by atoms with E-state index in [1.54, 1.807) is 0 Å². The van der Waals surface area contributed by atoms with Gasteiger partial charge in [-0.3, -0.25) is 9.59 Å². The molecule has 154 valence electrons. The predicted molar refractivity (Wildman–Crippen MR) is 114 cm³/mol. The molecule has 0 aromatic heterocycles. The second-order valence-electron chi connectivity index (χ2n) is 7.73. The van der Waals surface area contributed by atoms with Crippen LogP contribution in [0.3, 0.4) is 0 Å². The summed E-state index contributed by atoms with van der Waals surface area (Å²) in [7, 11) is 0. The van der Waals surface area contributed by atoms with Crippen LogP contribution in [0.25, 0.3) is 0 Å². The highest BCUT2D eigenvalue weighted by Gasteiger charge is 2.23. The molecule has 5 heteroatoms. The fourth-order valence-electron chi connectivity index (χ4n) is 3.62. The Balaban J connectivity index is 1.39. The Hall–Kier alpha value is -2.82. The monoisotopic (exact) mass is 394 g/mol. The van der Waals surface area contributed by atoms with Gasteiger partial charge in [-0.15, -0.1) is 0 Å². The first kappa shape index (κ1) is 20.9. The summed E-state index contributed by atoms with van der Waals surface area (Å²) in [5, 5.41) is 6.05. The zero-order valence-electron chi connectivity index (χ0n) is 17.0. The highest BCUT2D eigenvalue weighted by Crippen LogP contribution is 2.24. The van der Waals surface area contributed by atoms with E-state index in [0.717, 1.165) is 17.7 Å². The van der Waals surface area contributed by atoms with Gasteiger partial charge in [0.1, 0.15) is 5.75 Å². The standard InChI is InChI=1S/C24H30N2O3/c1-18-7-5-6-10-22(18)26-24(28)20-13-11-19(12-14-20)17-25-23(27)15-16-29-21-8-3-2-4-9-21/h2-4,8-9,11-14,18,22H,5-7,10,15-17H2,1H3,(H,25,27)(H,26,28). The lowest BCUT2D eigenvalue weighted by atomic mass is 9.86. The van der Waals surface area contributed by atoms with Crippen molar-refractivity contribution in [3.05, 3.63) is 65.7 Å². The minimum absolute atomic E-state index is 0.0163. The summed E-state index contributed by atoms with van der Waals surface area (Å²) < 4.78 is 5.54. The molecule has 0 radical (unpaired) electrons. The Morgan fingerprint density at radius 3 is 2.45 bits per heavy atom. The number of ether oxygens (including phenoxy) is 1. The van der Waals surface area contributed by atoms with Crippen LogP contribution in [0.5, 0.6) is 5.75 Å². The van der Waals surface area contributed by atoms with Gasteiger partial charge >= 0.3 is 0 Å². The highest BCUT2D eigenvalue weighted by atomic mass is 16.5. The van der Waals surface area contributed by atoms with Crippen molar-refractivity contribution in [2.24, 2.45) is 5.92 Å². The molecule has 2 N–H and O–H groups in total. The second-order valence-corrected chi connectivity index (χ2v) is 7.73. The Morgan fingerprint density at radius 1 is 1.00 bits per heavy atom. The van der Waals surface area contributed by atoms with Crippen LogP contribution in [0.2, 0.25) is 0 Å². The molecule has 0 heterocycles. The molecular weight excluding hydrogens is 364 g/mol. The van der Waals surface area contributed by atoms with Gasteiger partial charge in [-0.25, -0.2) is 0 Å². The van der Waals surface area contributed by atoms with E-state index >= 15 is 0 Å². The van der Waals surface area contributed by atoms with E-state index in [1.807, 2.05) is 54.6 Å². The van der Waals surface area contributed by atoms with E-state index in [2.05, 4.69) is 17.6 Å². The van der Waals surface area contributed by atoms with Crippen LogP contribution >= 0.6 is 0 Å². The summed E-state index contributed by atoms with van der Waals surface area (Å²) in [5.41, 5.74) is 1.62. The van der Waals surface area contributed by atoms with E-state index < -0.39 is 0 Å². The van der Waals surface area contributed by atoms with Crippen molar-refractivity contribution in [3.8, 4) is 5.75 Å². The normalized spacial score (nSPS) is 18.7. The largest absolute Gasteiger partial charge is 0.493 e. The van der Waals surface area contributed by atoms with Crippen LogP contribution in [-0.4, -0.2) is 24.5 Å². The maximum atomic E-state index is 12.5. The number of benzene rings is 2. The minimum Gasteiger partial charge on any atom is -0.493 e. The van der Waals surface area contributed by atoms with Crippen LogP contribution in [0.15, 0.2) is 54.6 Å². The zero-order valence-corrected chi connectivity index (χ0v) is 17.0. The van der Waals surface area contributed by atoms with Gasteiger partial charge in [0.2, 0.25) is 5.91 Å². The molecule has 1 fully saturated rings. The molecule has 2 atom stereocenters. The Morgan fingerprint density at radius 2 is 1.72 bits per heavy atom. The third-order valence-corrected chi connectivity index (χ3v) is 5.47. The fraction of sp³-hybridized carbons (Fsp3) is 0.417. The number of rotatable bonds is 8. The van der Waals surface area contributed by atoms with E-state index in [0.29, 0.717) is 31.1 Å². The van der Waals surface area contributed by atoms with Crippen molar-refractivity contribution in [1.82, 2.24) is 10.6 Å². The number of hydrogen-bond acceptors (Lipinski definition) is 3. The van der Waals surface area contributed by atoms with E-state index in [-0.39, 0.29) is 17.9 Å². The summed E-state index contributed by atoms with van der Waals surface area (Å²) in [5.74, 6) is 1.22. The first-order valence-electron chi connectivity index (χ1n) is 10.5. The van der Waals surface area contributed by atoms with E-state index in [4.69, 9.17) is 4.74 Å². The third kappa shape index (κ3) is 6.63. The van der Waals surface area contributed by atoms with Crippen molar-refractivity contribution in [2.75, 3.05) is 6.61 Å². The number of nitrogens with one attached hydrogen (secondary N) is 2. The maximum absolute atomic E-state index is 12.5. The van der Waals surface area contributed by atoms with Crippen LogP contribution in [-0.2, 0) is 11.3 Å². The average molecular weight is 395 g/mol. The number of amides is 2. The molecule has 2 amide bonds. The quantitative estimate of drug-likeness (QED) is 0.709. The number of hydrogen-bond donors (Lipinski definition) is 2. The molecule has 0 saturated heterocycles. The van der Waals surface area contributed by atoms with Gasteiger partial charge in [0.05, 0.1) is 13.0 Å². The second kappa shape index (κ2) is 10.6. The van der Waals surface area contributed by atoms with Gasteiger partial charge in [-0.1, -0.05) is 50.1 Å². The van der Waals surface area contributed by atoms with Gasteiger partial charge < -0.3 is 15.4 Å². The lowest BCUT2D eigenvalue weighted by Crippen LogP contribution is -2.41. The van der Waals surface area contributed by atoms with Gasteiger partial charge in [-0.2, -0.15) is 0 Å². The van der Waals surface area contributed by atoms with Crippen LogP contribution in [0, 0.1) is 5.92 Å². The Kier molecular flexibility index (Phi) is 7.68. The van der Waals surface area contributed by atoms with Crippen molar-refractivity contribution in [1.29, 1.82) is 0 Å². The van der Waals surface area contributed by atoms with Crippen LogP contribution in [0.4, 0.5) is 0 Å². The summed E-state index contributed by atoms with van der Waals surface area (Å²) in [6.45, 7) is 2.99. The molecule has 0 spiro atoms. The smallest absolute Gasteiger partial charge is 0.251 e. The van der Waals surface area contributed by atoms with Crippen molar-refractivity contribution >= 4 is 11.8 Å². The highest BCUT2D eigenvalue weighted by molar-refractivity contribution is 5.94. The minimum atomic E-state index is -0.0611. The van der Waals surface area contributed by atoms with Crippen molar-refractivity contribution in [3.63, 3.8) is 0 Å². The third-order valence-electron chi connectivity index (χ3n) is 5.47. The summed E-state index contributed by atoms with van der Waals surface area (Å²) in [6, 6.07) is 17.1. The molecule has 3 rings (SSSR count). The topological polar surface area (TPSA) is 67.4 Å². The molecule has 5 nitrogen and oxygen atoms in total. The van der Waals surface area contributed by atoms with E-state index in [1.165, 1.54) is 19.3 Å². The lowest BCUT2D eigenvalue weighted by Gasteiger charge is -2.29. The van der Waals surface area contributed by atoms with E-state index in [9.17, 15) is 9.59 Å².